The first-order chi connectivity index (χ1) is 13.6. The first-order valence-electron chi connectivity index (χ1n) is 8.74. The van der Waals surface area contributed by atoms with Crippen LogP contribution in [0.4, 0.5) is 0 Å². The Morgan fingerprint density at radius 2 is 1.68 bits per heavy atom. The van der Waals surface area contributed by atoms with Gasteiger partial charge in [-0.2, -0.15) is 0 Å². The Morgan fingerprint density at radius 1 is 0.893 bits per heavy atom. The number of carbonyl (C=O) groups is 1. The first-order valence-corrected chi connectivity index (χ1v) is 9.50. The van der Waals surface area contributed by atoms with Gasteiger partial charge in [0.25, 0.3) is 0 Å². The third-order valence-corrected chi connectivity index (χ3v) is 4.98. The van der Waals surface area contributed by atoms with E-state index in [-0.39, 0.29) is 12.6 Å². The van der Waals surface area contributed by atoms with Crippen LogP contribution in [-0.2, 0) is 16.1 Å². The van der Waals surface area contributed by atoms with Gasteiger partial charge in [0.2, 0.25) is 0 Å². The van der Waals surface area contributed by atoms with Gasteiger partial charge in [0.1, 0.15) is 19.0 Å². The minimum atomic E-state index is -0.363. The zero-order chi connectivity index (χ0) is 19.5. The van der Waals surface area contributed by atoms with Crippen LogP contribution in [0.15, 0.2) is 72.8 Å². The Kier molecular flexibility index (Phi) is 5.38. The molecular formula is C23H16Cl2O3. The number of halogens is 2. The smallest absolute Gasteiger partial charge is 0.339 e. The molecule has 0 aliphatic carbocycles. The van der Waals surface area contributed by atoms with Crippen molar-refractivity contribution in [1.29, 1.82) is 0 Å². The van der Waals surface area contributed by atoms with Gasteiger partial charge in [-0.3, -0.25) is 0 Å². The fourth-order valence-electron chi connectivity index (χ4n) is 3.12. The molecule has 3 nitrogen and oxygen atoms in total. The number of hydrogen-bond donors (Lipinski definition) is 0. The number of benzene rings is 3. The average Bonchev–Trinajstić information content (AvgIpc) is 3.09. The van der Waals surface area contributed by atoms with Crippen molar-refractivity contribution in [3.63, 3.8) is 0 Å². The van der Waals surface area contributed by atoms with Crippen molar-refractivity contribution in [2.75, 3.05) is 6.61 Å². The molecule has 5 heteroatoms. The number of carbonyl (C=O) groups excluding carboxylic acids is 1. The summed E-state index contributed by atoms with van der Waals surface area (Å²) >= 11 is 12.1. The van der Waals surface area contributed by atoms with E-state index >= 15 is 0 Å². The predicted octanol–water partition coefficient (Wildman–Crippen LogP) is 6.04. The molecule has 1 aliphatic rings. The fourth-order valence-corrected chi connectivity index (χ4v) is 3.44. The number of cyclic esters (lactones) is 1. The number of para-hydroxylation sites is 1. The van der Waals surface area contributed by atoms with Gasteiger partial charge in [-0.1, -0.05) is 65.7 Å². The molecule has 0 radical (unpaired) electrons. The molecule has 0 aromatic heterocycles. The van der Waals surface area contributed by atoms with Gasteiger partial charge < -0.3 is 9.47 Å². The highest BCUT2D eigenvalue weighted by atomic mass is 35.5. The van der Waals surface area contributed by atoms with Crippen LogP contribution in [0.2, 0.25) is 10.0 Å². The molecule has 0 saturated heterocycles. The Hall–Kier alpha value is -2.75. The van der Waals surface area contributed by atoms with E-state index in [0.717, 1.165) is 16.7 Å². The molecule has 140 valence electrons. The van der Waals surface area contributed by atoms with E-state index < -0.39 is 0 Å². The summed E-state index contributed by atoms with van der Waals surface area (Å²) in [4.78, 5) is 12.5. The fraction of sp³-hybridized carbons (Fsp3) is 0.0870. The zero-order valence-corrected chi connectivity index (χ0v) is 16.3. The predicted molar refractivity (Wildman–Crippen MR) is 111 cm³/mol. The van der Waals surface area contributed by atoms with Crippen molar-refractivity contribution in [3.05, 3.63) is 99.5 Å². The van der Waals surface area contributed by atoms with Crippen molar-refractivity contribution in [3.8, 4) is 5.75 Å². The van der Waals surface area contributed by atoms with Gasteiger partial charge in [0, 0.05) is 21.2 Å². The topological polar surface area (TPSA) is 35.5 Å². The van der Waals surface area contributed by atoms with Gasteiger partial charge in [-0.25, -0.2) is 4.79 Å². The van der Waals surface area contributed by atoms with E-state index in [9.17, 15) is 4.79 Å². The molecule has 1 aliphatic heterocycles. The van der Waals surface area contributed by atoms with Gasteiger partial charge in [-0.05, 0) is 41.5 Å². The molecule has 0 unspecified atom stereocenters. The highest BCUT2D eigenvalue weighted by molar-refractivity contribution is 6.31. The Balaban J connectivity index is 1.70. The summed E-state index contributed by atoms with van der Waals surface area (Å²) in [5, 5.41) is 1.28. The van der Waals surface area contributed by atoms with Crippen molar-refractivity contribution >= 4 is 40.3 Å². The number of esters is 1. The molecule has 3 aromatic rings. The van der Waals surface area contributed by atoms with E-state index in [1.807, 2.05) is 66.7 Å². The summed E-state index contributed by atoms with van der Waals surface area (Å²) in [6.07, 6.45) is 0. The van der Waals surface area contributed by atoms with Crippen LogP contribution in [0.3, 0.4) is 0 Å². The molecule has 0 saturated carbocycles. The summed E-state index contributed by atoms with van der Waals surface area (Å²) in [5.74, 6) is 0.253. The van der Waals surface area contributed by atoms with Crippen LogP contribution < -0.4 is 4.74 Å². The lowest BCUT2D eigenvalue weighted by Gasteiger charge is -2.12. The third kappa shape index (κ3) is 3.91. The van der Waals surface area contributed by atoms with Crippen LogP contribution in [0.25, 0.3) is 11.1 Å². The summed E-state index contributed by atoms with van der Waals surface area (Å²) in [6.45, 7) is 0.572. The summed E-state index contributed by atoms with van der Waals surface area (Å²) in [5.41, 5.74) is 3.86. The minimum Gasteiger partial charge on any atom is -0.488 e. The van der Waals surface area contributed by atoms with Crippen LogP contribution in [0, 0.1) is 0 Å². The van der Waals surface area contributed by atoms with Crippen molar-refractivity contribution in [2.45, 2.75) is 6.61 Å². The summed E-state index contributed by atoms with van der Waals surface area (Å²) in [6, 6.07) is 22.3. The largest absolute Gasteiger partial charge is 0.488 e. The molecule has 0 N–H and O–H groups in total. The quantitative estimate of drug-likeness (QED) is 0.480. The second-order valence-corrected chi connectivity index (χ2v) is 7.22. The van der Waals surface area contributed by atoms with Gasteiger partial charge >= 0.3 is 5.97 Å². The number of rotatable bonds is 5. The summed E-state index contributed by atoms with van der Waals surface area (Å²) in [7, 11) is 0. The van der Waals surface area contributed by atoms with E-state index in [2.05, 4.69) is 0 Å². The van der Waals surface area contributed by atoms with Crippen molar-refractivity contribution < 1.29 is 14.3 Å². The highest BCUT2D eigenvalue weighted by Crippen LogP contribution is 2.37. The maximum atomic E-state index is 12.5. The summed E-state index contributed by atoms with van der Waals surface area (Å²) < 4.78 is 11.4. The molecule has 0 fully saturated rings. The first kappa shape index (κ1) is 18.6. The lowest BCUT2D eigenvalue weighted by Crippen LogP contribution is -2.03. The lowest BCUT2D eigenvalue weighted by molar-refractivity contribution is -0.133. The molecule has 0 amide bonds. The van der Waals surface area contributed by atoms with Crippen LogP contribution in [0.1, 0.15) is 16.7 Å². The molecule has 3 aromatic carbocycles. The normalized spacial score (nSPS) is 13.6. The second kappa shape index (κ2) is 8.09. The van der Waals surface area contributed by atoms with Gasteiger partial charge in [0.05, 0.1) is 5.57 Å². The lowest BCUT2D eigenvalue weighted by atomic mass is 9.96. The van der Waals surface area contributed by atoms with E-state index in [1.165, 1.54) is 0 Å². The average molecular weight is 411 g/mol. The maximum absolute atomic E-state index is 12.5. The number of hydrogen-bond acceptors (Lipinski definition) is 3. The standard InChI is InChI=1S/C23H16Cl2O3/c24-17-10-8-15(9-11-17)13-27-21-7-2-1-6-19(21)22-20(14-28-23(22)26)16-4-3-5-18(25)12-16/h1-12H,13-14H2. The second-order valence-electron chi connectivity index (χ2n) is 6.35. The van der Waals surface area contributed by atoms with Gasteiger partial charge in [-0.15, -0.1) is 0 Å². The maximum Gasteiger partial charge on any atom is 0.339 e. The third-order valence-electron chi connectivity index (χ3n) is 4.49. The molecule has 1 heterocycles. The van der Waals surface area contributed by atoms with E-state index in [4.69, 9.17) is 32.7 Å². The van der Waals surface area contributed by atoms with Crippen LogP contribution >= 0.6 is 23.2 Å². The molecule has 0 bridgehead atoms. The van der Waals surface area contributed by atoms with E-state index in [0.29, 0.717) is 33.5 Å². The SMILES string of the molecule is O=C1OCC(c2cccc(Cl)c2)=C1c1ccccc1OCc1ccc(Cl)cc1. The minimum absolute atomic E-state index is 0.208. The van der Waals surface area contributed by atoms with Crippen LogP contribution in [-0.4, -0.2) is 12.6 Å². The van der Waals surface area contributed by atoms with Crippen molar-refractivity contribution in [1.82, 2.24) is 0 Å². The van der Waals surface area contributed by atoms with Gasteiger partial charge in [0.15, 0.2) is 0 Å². The zero-order valence-electron chi connectivity index (χ0n) is 14.8. The Morgan fingerprint density at radius 3 is 2.46 bits per heavy atom. The Bertz CT molecular complexity index is 1060. The van der Waals surface area contributed by atoms with Crippen molar-refractivity contribution in [2.24, 2.45) is 0 Å². The van der Waals surface area contributed by atoms with Crippen LogP contribution in [0.5, 0.6) is 5.75 Å². The molecule has 28 heavy (non-hydrogen) atoms. The van der Waals surface area contributed by atoms with E-state index in [1.54, 1.807) is 6.07 Å². The monoisotopic (exact) mass is 410 g/mol. The molecule has 0 atom stereocenters. The number of ether oxygens (including phenoxy) is 2. The molecular weight excluding hydrogens is 395 g/mol. The highest BCUT2D eigenvalue weighted by Gasteiger charge is 2.29. The Labute approximate surface area is 173 Å². The molecule has 4 rings (SSSR count). The molecule has 0 spiro atoms.